The molecule has 0 aliphatic carbocycles. The van der Waals surface area contributed by atoms with Crippen LogP contribution in [0.5, 0.6) is 0 Å². The zero-order valence-corrected chi connectivity index (χ0v) is 8.22. The molecule has 0 aromatic carbocycles. The van der Waals surface area contributed by atoms with Crippen LogP contribution in [0.1, 0.15) is 28.9 Å². The first-order chi connectivity index (χ1) is 7.81. The highest BCUT2D eigenvalue weighted by atomic mass is 19.4. The second-order valence-electron chi connectivity index (χ2n) is 3.04. The van der Waals surface area contributed by atoms with Gasteiger partial charge in [0.1, 0.15) is 17.5 Å². The number of nitriles is 1. The maximum Gasteiger partial charge on any atom is 0.418 e. The number of nitrogens with two attached hydrogens (primary N) is 1. The molecule has 1 aromatic rings. The SMILES string of the molecule is N#Cc1nc(C(F)F)c(C(F)(F)F)cc1CN. The summed E-state index contributed by atoms with van der Waals surface area (Å²) in [4.78, 5) is 3.02. The lowest BCUT2D eigenvalue weighted by molar-refractivity contribution is -0.140. The quantitative estimate of drug-likeness (QED) is 0.820. The zero-order valence-electron chi connectivity index (χ0n) is 8.22. The Morgan fingerprint density at radius 2 is 2.00 bits per heavy atom. The first-order valence-electron chi connectivity index (χ1n) is 4.30. The fraction of sp³-hybridized carbons (Fsp3) is 0.333. The summed E-state index contributed by atoms with van der Waals surface area (Å²) in [7, 11) is 0. The van der Waals surface area contributed by atoms with Gasteiger partial charge in [0.15, 0.2) is 0 Å². The van der Waals surface area contributed by atoms with Crippen LogP contribution in [-0.4, -0.2) is 4.98 Å². The highest BCUT2D eigenvalue weighted by Gasteiger charge is 2.37. The lowest BCUT2D eigenvalue weighted by Gasteiger charge is -2.13. The summed E-state index contributed by atoms with van der Waals surface area (Å²) in [6.45, 7) is -0.386. The molecule has 0 saturated heterocycles. The van der Waals surface area contributed by atoms with Gasteiger partial charge in [0.2, 0.25) is 0 Å². The smallest absolute Gasteiger partial charge is 0.326 e. The number of rotatable bonds is 2. The van der Waals surface area contributed by atoms with Crippen LogP contribution in [0.4, 0.5) is 22.0 Å². The lowest BCUT2D eigenvalue weighted by atomic mass is 10.1. The van der Waals surface area contributed by atoms with E-state index in [2.05, 4.69) is 4.98 Å². The van der Waals surface area contributed by atoms with E-state index in [0.29, 0.717) is 6.07 Å². The average molecular weight is 251 g/mol. The molecule has 0 radical (unpaired) electrons. The fourth-order valence-electron chi connectivity index (χ4n) is 1.21. The molecule has 1 aromatic heterocycles. The molecule has 0 fully saturated rings. The molecule has 92 valence electrons. The summed E-state index contributed by atoms with van der Waals surface area (Å²) in [6, 6.07) is 1.87. The van der Waals surface area contributed by atoms with Crippen LogP contribution in [0.25, 0.3) is 0 Å². The molecular formula is C9H6F5N3. The lowest BCUT2D eigenvalue weighted by Crippen LogP contribution is -2.15. The molecule has 0 atom stereocenters. The minimum Gasteiger partial charge on any atom is -0.326 e. The minimum atomic E-state index is -4.96. The first-order valence-corrected chi connectivity index (χ1v) is 4.30. The van der Waals surface area contributed by atoms with Gasteiger partial charge in [-0.05, 0) is 6.07 Å². The molecule has 1 heterocycles. The topological polar surface area (TPSA) is 62.7 Å². The van der Waals surface area contributed by atoms with Crippen molar-refractivity contribution in [2.45, 2.75) is 19.1 Å². The van der Waals surface area contributed by atoms with Crippen LogP contribution in [0.15, 0.2) is 6.07 Å². The Balaban J connectivity index is 3.53. The largest absolute Gasteiger partial charge is 0.418 e. The van der Waals surface area contributed by atoms with E-state index in [1.807, 2.05) is 0 Å². The molecule has 0 spiro atoms. The Hall–Kier alpha value is -1.75. The highest BCUT2D eigenvalue weighted by Crippen LogP contribution is 2.36. The van der Waals surface area contributed by atoms with Crippen molar-refractivity contribution in [1.29, 1.82) is 5.26 Å². The first kappa shape index (κ1) is 13.3. The standard InChI is InChI=1S/C9H6F5N3/c10-8(11)7-5(9(12,13)14)1-4(2-15)6(3-16)17-7/h1,8H,2,15H2. The third kappa shape index (κ3) is 2.68. The number of aromatic nitrogens is 1. The Labute approximate surface area is 92.7 Å². The van der Waals surface area contributed by atoms with Crippen molar-refractivity contribution in [2.24, 2.45) is 5.73 Å². The molecule has 0 unspecified atom stereocenters. The summed E-state index contributed by atoms with van der Waals surface area (Å²) in [5.74, 6) is 0. The van der Waals surface area contributed by atoms with Crippen molar-refractivity contribution in [3.8, 4) is 6.07 Å². The van der Waals surface area contributed by atoms with E-state index in [4.69, 9.17) is 11.0 Å². The summed E-state index contributed by atoms with van der Waals surface area (Å²) < 4.78 is 62.2. The number of hydrogen-bond donors (Lipinski definition) is 1. The van der Waals surface area contributed by atoms with E-state index in [1.54, 1.807) is 0 Å². The van der Waals surface area contributed by atoms with E-state index in [-0.39, 0.29) is 12.1 Å². The molecule has 0 amide bonds. The number of nitrogens with zero attached hydrogens (tertiary/aromatic N) is 2. The Morgan fingerprint density at radius 1 is 1.41 bits per heavy atom. The second-order valence-corrected chi connectivity index (χ2v) is 3.04. The van der Waals surface area contributed by atoms with E-state index >= 15 is 0 Å². The molecule has 2 N–H and O–H groups in total. The third-order valence-electron chi connectivity index (χ3n) is 1.97. The van der Waals surface area contributed by atoms with Gasteiger partial charge in [-0.3, -0.25) is 0 Å². The average Bonchev–Trinajstić information content (AvgIpc) is 2.25. The van der Waals surface area contributed by atoms with Crippen molar-refractivity contribution >= 4 is 0 Å². The van der Waals surface area contributed by atoms with Crippen molar-refractivity contribution in [3.05, 3.63) is 28.6 Å². The van der Waals surface area contributed by atoms with Crippen LogP contribution >= 0.6 is 0 Å². The van der Waals surface area contributed by atoms with Crippen molar-refractivity contribution in [1.82, 2.24) is 4.98 Å². The maximum absolute atomic E-state index is 12.5. The van der Waals surface area contributed by atoms with Gasteiger partial charge < -0.3 is 5.73 Å². The second kappa shape index (κ2) is 4.63. The van der Waals surface area contributed by atoms with Gasteiger partial charge in [-0.15, -0.1) is 0 Å². The molecule has 3 nitrogen and oxygen atoms in total. The van der Waals surface area contributed by atoms with Crippen molar-refractivity contribution in [2.75, 3.05) is 0 Å². The van der Waals surface area contributed by atoms with Gasteiger partial charge in [-0.1, -0.05) is 0 Å². The Kier molecular flexibility index (Phi) is 3.63. The van der Waals surface area contributed by atoms with Gasteiger partial charge in [0.05, 0.1) is 5.56 Å². The summed E-state index contributed by atoms with van der Waals surface area (Å²) in [6.07, 6.45) is -8.37. The number of pyridine rings is 1. The van der Waals surface area contributed by atoms with E-state index in [0.717, 1.165) is 0 Å². The van der Waals surface area contributed by atoms with Crippen LogP contribution in [0.3, 0.4) is 0 Å². The molecule has 0 saturated carbocycles. The van der Waals surface area contributed by atoms with Gasteiger partial charge in [0, 0.05) is 12.1 Å². The normalized spacial score (nSPS) is 11.6. The highest BCUT2D eigenvalue weighted by molar-refractivity contribution is 5.38. The predicted octanol–water partition coefficient (Wildman–Crippen LogP) is 2.37. The zero-order chi connectivity index (χ0) is 13.2. The van der Waals surface area contributed by atoms with Crippen LogP contribution in [0, 0.1) is 11.3 Å². The number of hydrogen-bond acceptors (Lipinski definition) is 3. The molecule has 0 aliphatic heterocycles. The number of alkyl halides is 5. The molecule has 0 bridgehead atoms. The molecular weight excluding hydrogens is 245 g/mol. The van der Waals surface area contributed by atoms with Crippen molar-refractivity contribution in [3.63, 3.8) is 0 Å². The maximum atomic E-state index is 12.5. The fourth-order valence-corrected chi connectivity index (χ4v) is 1.21. The predicted molar refractivity (Wildman–Crippen MR) is 46.8 cm³/mol. The van der Waals surface area contributed by atoms with Gasteiger partial charge >= 0.3 is 6.18 Å². The van der Waals surface area contributed by atoms with Gasteiger partial charge in [-0.25, -0.2) is 13.8 Å². The summed E-state index contributed by atoms with van der Waals surface area (Å²) in [5.41, 5.74) is 1.37. The van der Waals surface area contributed by atoms with Crippen LogP contribution < -0.4 is 5.73 Å². The van der Waals surface area contributed by atoms with Crippen LogP contribution in [-0.2, 0) is 12.7 Å². The monoisotopic (exact) mass is 251 g/mol. The molecule has 1 rings (SSSR count). The molecule has 17 heavy (non-hydrogen) atoms. The Morgan fingerprint density at radius 3 is 2.35 bits per heavy atom. The van der Waals surface area contributed by atoms with E-state index < -0.39 is 29.6 Å². The van der Waals surface area contributed by atoms with Crippen LogP contribution in [0.2, 0.25) is 0 Å². The van der Waals surface area contributed by atoms with E-state index in [9.17, 15) is 22.0 Å². The summed E-state index contributed by atoms with van der Waals surface area (Å²) in [5, 5.41) is 8.56. The summed E-state index contributed by atoms with van der Waals surface area (Å²) >= 11 is 0. The minimum absolute atomic E-state index is 0.218. The van der Waals surface area contributed by atoms with Crippen molar-refractivity contribution < 1.29 is 22.0 Å². The molecule has 8 heteroatoms. The Bertz CT molecular complexity index is 461. The van der Waals surface area contributed by atoms with E-state index in [1.165, 1.54) is 6.07 Å². The number of halogens is 5. The van der Waals surface area contributed by atoms with Gasteiger partial charge in [-0.2, -0.15) is 18.4 Å². The molecule has 0 aliphatic rings. The third-order valence-corrected chi connectivity index (χ3v) is 1.97. The van der Waals surface area contributed by atoms with Gasteiger partial charge in [0.25, 0.3) is 6.43 Å².